The maximum Gasteiger partial charge on any atom is 0.158 e. The molecule has 6 nitrogen and oxygen atoms in total. The van der Waals surface area contributed by atoms with Crippen molar-refractivity contribution in [1.29, 1.82) is 0 Å². The molecule has 2 rings (SSSR count). The van der Waals surface area contributed by atoms with E-state index >= 15 is 0 Å². The number of rotatable bonds is 45. The highest BCUT2D eigenvalue weighted by molar-refractivity contribution is 5.80. The molecule has 354 valence electrons. The smallest absolute Gasteiger partial charge is 0.158 e. The van der Waals surface area contributed by atoms with Gasteiger partial charge < -0.3 is 19.3 Å². The summed E-state index contributed by atoms with van der Waals surface area (Å²) in [5.41, 5.74) is 4.34. The molecule has 0 spiro atoms. The molecule has 0 aromatic heterocycles. The Morgan fingerprint density at radius 2 is 0.677 bits per heavy atom. The highest BCUT2D eigenvalue weighted by Gasteiger charge is 2.11. The van der Waals surface area contributed by atoms with Crippen LogP contribution in [0.5, 0.6) is 0 Å². The van der Waals surface area contributed by atoms with E-state index in [4.69, 9.17) is 9.47 Å². The molecule has 0 N–H and O–H groups in total. The molecule has 0 amide bonds. The fourth-order valence-corrected chi connectivity index (χ4v) is 8.52. The Morgan fingerprint density at radius 3 is 1.00 bits per heavy atom. The van der Waals surface area contributed by atoms with Gasteiger partial charge in [0.05, 0.1) is 13.2 Å². The van der Waals surface area contributed by atoms with Gasteiger partial charge in [-0.25, -0.2) is 0 Å². The van der Waals surface area contributed by atoms with Crippen molar-refractivity contribution in [2.75, 3.05) is 52.5 Å². The van der Waals surface area contributed by atoms with Crippen molar-refractivity contribution in [1.82, 2.24) is 9.80 Å². The number of Topliss-reactive ketones (excluding diaryl/α,β-unsaturated/α-hetero) is 2. The van der Waals surface area contributed by atoms with Gasteiger partial charge >= 0.3 is 0 Å². The molecule has 0 heterocycles. The number of hydrogen-bond donors (Lipinski definition) is 0. The Hall–Kier alpha value is -2.38. The summed E-state index contributed by atoms with van der Waals surface area (Å²) in [6, 6.07) is 16.8. The summed E-state index contributed by atoms with van der Waals surface area (Å²) < 4.78 is 11.9. The van der Waals surface area contributed by atoms with Gasteiger partial charge in [0.1, 0.15) is 13.2 Å². The van der Waals surface area contributed by atoms with Crippen LogP contribution in [-0.2, 0) is 32.3 Å². The first-order valence-electron chi connectivity index (χ1n) is 26.3. The number of unbranched alkanes of at least 4 members (excludes halogenated alkanes) is 20. The first kappa shape index (κ1) is 55.8. The number of carbonyl (C=O) groups is 2. The normalized spacial score (nSPS) is 11.6. The van der Waals surface area contributed by atoms with Crippen LogP contribution in [0.3, 0.4) is 0 Å². The highest BCUT2D eigenvalue weighted by atomic mass is 16.5. The average Bonchev–Trinajstić information content (AvgIpc) is 3.28. The summed E-state index contributed by atoms with van der Waals surface area (Å²) in [7, 11) is 0. The van der Waals surface area contributed by atoms with E-state index in [1.807, 2.05) is 0 Å². The van der Waals surface area contributed by atoms with Crippen LogP contribution in [0.4, 0.5) is 0 Å². The molecule has 0 aliphatic heterocycles. The Balaban J connectivity index is 1.73. The topological polar surface area (TPSA) is 59.1 Å². The number of carbonyl (C=O) groups excluding carboxylic acids is 2. The molecule has 0 saturated heterocycles. The third-order valence-electron chi connectivity index (χ3n) is 12.4. The van der Waals surface area contributed by atoms with Gasteiger partial charge in [0.2, 0.25) is 0 Å². The lowest BCUT2D eigenvalue weighted by atomic mass is 10.0. The standard InChI is InChI=1S/C56H96N2O4/c1-5-9-13-17-21-25-39-57(40-26-22-18-14-10-6-2)43-31-37-55(59)49-61-47-51-33-29-35-53(45-51)54-36-30-34-52(46-54)48-62-50-56(60)38-32-44-58(41-27-23-19-15-11-7-3)42-28-24-20-16-12-8-4/h29-30,33-36,45-46H,5-28,31-32,37-44,47-50H2,1-4H3. The van der Waals surface area contributed by atoms with Gasteiger partial charge in [0.25, 0.3) is 0 Å². The van der Waals surface area contributed by atoms with Crippen LogP contribution in [0.15, 0.2) is 48.5 Å². The molecule has 0 unspecified atom stereocenters. The lowest BCUT2D eigenvalue weighted by Crippen LogP contribution is -2.28. The van der Waals surface area contributed by atoms with E-state index < -0.39 is 0 Å². The molecule has 2 aromatic rings. The average molecular weight is 861 g/mol. The van der Waals surface area contributed by atoms with Crippen LogP contribution in [0.1, 0.15) is 219 Å². The number of ether oxygens (including phenoxy) is 2. The van der Waals surface area contributed by atoms with E-state index in [1.54, 1.807) is 0 Å². The number of hydrogen-bond acceptors (Lipinski definition) is 6. The second-order valence-electron chi connectivity index (χ2n) is 18.4. The van der Waals surface area contributed by atoms with E-state index in [0.29, 0.717) is 26.1 Å². The molecule has 0 saturated carbocycles. The zero-order chi connectivity index (χ0) is 44.6. The van der Waals surface area contributed by atoms with Crippen LogP contribution >= 0.6 is 0 Å². The molecule has 0 aliphatic carbocycles. The van der Waals surface area contributed by atoms with Gasteiger partial charge in [-0.05, 0) is 112 Å². The molecule has 0 aliphatic rings. The van der Waals surface area contributed by atoms with Crippen molar-refractivity contribution in [3.05, 3.63) is 59.7 Å². The third kappa shape index (κ3) is 30.7. The summed E-state index contributed by atoms with van der Waals surface area (Å²) in [6.07, 6.45) is 34.8. The summed E-state index contributed by atoms with van der Waals surface area (Å²) >= 11 is 0. The quantitative estimate of drug-likeness (QED) is 0.0618. The van der Waals surface area contributed by atoms with Gasteiger partial charge in [-0.1, -0.05) is 193 Å². The predicted octanol–water partition coefficient (Wildman–Crippen LogP) is 15.1. The van der Waals surface area contributed by atoms with Crippen molar-refractivity contribution >= 4 is 11.6 Å². The van der Waals surface area contributed by atoms with Crippen LogP contribution in [0.25, 0.3) is 11.1 Å². The van der Waals surface area contributed by atoms with E-state index in [9.17, 15) is 9.59 Å². The van der Waals surface area contributed by atoms with Crippen molar-refractivity contribution in [3.63, 3.8) is 0 Å². The minimum absolute atomic E-state index is 0.168. The monoisotopic (exact) mass is 861 g/mol. The molecule has 6 heteroatoms. The van der Waals surface area contributed by atoms with E-state index in [-0.39, 0.29) is 24.8 Å². The molecule has 0 atom stereocenters. The molecular formula is C56H96N2O4. The maximum atomic E-state index is 12.8. The minimum Gasteiger partial charge on any atom is -0.369 e. The van der Waals surface area contributed by atoms with Crippen molar-refractivity contribution in [2.45, 2.75) is 221 Å². The predicted molar refractivity (Wildman–Crippen MR) is 266 cm³/mol. The Bertz CT molecular complexity index is 1210. The van der Waals surface area contributed by atoms with Crippen molar-refractivity contribution < 1.29 is 19.1 Å². The Morgan fingerprint density at radius 1 is 0.387 bits per heavy atom. The molecular weight excluding hydrogens is 765 g/mol. The Kier molecular flexibility index (Phi) is 36.1. The lowest BCUT2D eigenvalue weighted by Gasteiger charge is -2.22. The van der Waals surface area contributed by atoms with Crippen LogP contribution in [-0.4, -0.2) is 73.8 Å². The SMILES string of the molecule is CCCCCCCCN(CCCCCCCC)CCCC(=O)COCc1cccc(-c2cccc(COCC(=O)CCCN(CCCCCCCC)CCCCCCCC)c2)c1. The van der Waals surface area contributed by atoms with Gasteiger partial charge in [-0.15, -0.1) is 0 Å². The van der Waals surface area contributed by atoms with Gasteiger partial charge in [0, 0.05) is 12.8 Å². The van der Waals surface area contributed by atoms with Gasteiger partial charge in [-0.2, -0.15) is 0 Å². The molecule has 2 aromatic carbocycles. The van der Waals surface area contributed by atoms with E-state index in [1.165, 1.54) is 154 Å². The minimum atomic E-state index is 0.168. The summed E-state index contributed by atoms with van der Waals surface area (Å²) in [5.74, 6) is 0.390. The zero-order valence-corrected chi connectivity index (χ0v) is 41.0. The van der Waals surface area contributed by atoms with Crippen LogP contribution in [0.2, 0.25) is 0 Å². The van der Waals surface area contributed by atoms with Gasteiger partial charge in [0.15, 0.2) is 11.6 Å². The summed E-state index contributed by atoms with van der Waals surface area (Å²) in [5, 5.41) is 0. The van der Waals surface area contributed by atoms with Crippen molar-refractivity contribution in [3.8, 4) is 11.1 Å². The second kappa shape index (κ2) is 40.2. The largest absolute Gasteiger partial charge is 0.369 e. The highest BCUT2D eigenvalue weighted by Crippen LogP contribution is 2.23. The van der Waals surface area contributed by atoms with Crippen molar-refractivity contribution in [2.24, 2.45) is 0 Å². The number of nitrogens with zero attached hydrogens (tertiary/aromatic N) is 2. The van der Waals surface area contributed by atoms with E-state index in [2.05, 4.69) is 86.0 Å². The Labute approximate surface area is 383 Å². The van der Waals surface area contributed by atoms with Crippen LogP contribution in [0, 0.1) is 0 Å². The van der Waals surface area contributed by atoms with Gasteiger partial charge in [-0.3, -0.25) is 9.59 Å². The van der Waals surface area contributed by atoms with Crippen LogP contribution < -0.4 is 0 Å². The number of benzene rings is 2. The lowest BCUT2D eigenvalue weighted by molar-refractivity contribution is -0.124. The third-order valence-corrected chi connectivity index (χ3v) is 12.4. The second-order valence-corrected chi connectivity index (χ2v) is 18.4. The zero-order valence-electron chi connectivity index (χ0n) is 41.0. The maximum absolute atomic E-state index is 12.8. The molecule has 0 radical (unpaired) electrons. The first-order chi connectivity index (χ1) is 30.5. The fraction of sp³-hybridized carbons (Fsp3) is 0.750. The van der Waals surface area contributed by atoms with E-state index in [0.717, 1.165) is 74.4 Å². The molecule has 0 bridgehead atoms. The molecule has 62 heavy (non-hydrogen) atoms. The molecule has 0 fully saturated rings. The number of ketones is 2. The first-order valence-corrected chi connectivity index (χ1v) is 26.3. The summed E-state index contributed by atoms with van der Waals surface area (Å²) in [6.45, 7) is 17.0. The summed E-state index contributed by atoms with van der Waals surface area (Å²) in [4.78, 5) is 30.9. The fourth-order valence-electron chi connectivity index (χ4n) is 8.52.